The molecule has 0 bridgehead atoms. The van der Waals surface area contributed by atoms with E-state index < -0.39 is 16.1 Å². The molecule has 1 aliphatic rings. The molecule has 0 spiro atoms. The van der Waals surface area contributed by atoms with Crippen molar-refractivity contribution in [3.63, 3.8) is 0 Å². The van der Waals surface area contributed by atoms with E-state index in [0.29, 0.717) is 23.9 Å². The van der Waals surface area contributed by atoms with Gasteiger partial charge in [0.05, 0.1) is 22.6 Å². The van der Waals surface area contributed by atoms with Crippen LogP contribution in [-0.2, 0) is 10.0 Å². The monoisotopic (exact) mass is 320 g/mol. The second-order valence-electron chi connectivity index (χ2n) is 5.75. The van der Waals surface area contributed by atoms with Gasteiger partial charge in [-0.15, -0.1) is 0 Å². The molecule has 118 valence electrons. The van der Waals surface area contributed by atoms with Gasteiger partial charge in [-0.25, -0.2) is 8.42 Å². The number of piperidine rings is 1. The van der Waals surface area contributed by atoms with Crippen LogP contribution in [0.4, 0.5) is 0 Å². The van der Waals surface area contributed by atoms with E-state index in [1.165, 1.54) is 4.31 Å². The number of benzene rings is 1. The molecule has 2 aromatic rings. The van der Waals surface area contributed by atoms with E-state index in [1.54, 1.807) is 43.5 Å². The van der Waals surface area contributed by atoms with Crippen LogP contribution in [0.15, 0.2) is 41.4 Å². The third-order valence-corrected chi connectivity index (χ3v) is 6.23. The minimum atomic E-state index is -3.65. The first-order valence-electron chi connectivity index (χ1n) is 7.55. The maximum atomic E-state index is 13.1. The molecule has 0 amide bonds. The van der Waals surface area contributed by atoms with Crippen molar-refractivity contribution in [3.05, 3.63) is 36.5 Å². The summed E-state index contributed by atoms with van der Waals surface area (Å²) < 4.78 is 27.7. The van der Waals surface area contributed by atoms with Crippen molar-refractivity contribution in [3.8, 4) is 0 Å². The molecule has 0 radical (unpaired) electrons. The zero-order valence-corrected chi connectivity index (χ0v) is 13.3. The molecule has 2 heterocycles. The number of rotatable bonds is 3. The molecule has 1 aliphatic heterocycles. The third-order valence-electron chi connectivity index (χ3n) is 4.25. The van der Waals surface area contributed by atoms with Crippen molar-refractivity contribution in [2.45, 2.75) is 43.2 Å². The van der Waals surface area contributed by atoms with Gasteiger partial charge < -0.3 is 5.11 Å². The Bertz CT molecular complexity index is 769. The molecule has 2 atom stereocenters. The predicted molar refractivity (Wildman–Crippen MR) is 85.0 cm³/mol. The first-order valence-corrected chi connectivity index (χ1v) is 8.99. The summed E-state index contributed by atoms with van der Waals surface area (Å²) in [6, 6.07) is 8.29. The maximum absolute atomic E-state index is 13.1. The maximum Gasteiger partial charge on any atom is 0.244 e. The summed E-state index contributed by atoms with van der Waals surface area (Å²) in [6.45, 7) is 2.11. The molecule has 1 aromatic heterocycles. The lowest BCUT2D eigenvalue weighted by atomic mass is 10.0. The summed E-state index contributed by atoms with van der Waals surface area (Å²) in [5.74, 6) is 0. The standard InChI is InChI=1S/C16H20N2O3S/c1-12(19)15-8-2-3-11-18(15)22(20,21)16-9-4-7-14-13(16)6-5-10-17-14/h4-7,9-10,12,15,19H,2-3,8,11H2,1H3/t12-,15+/m1/s1. The van der Waals surface area contributed by atoms with Crippen LogP contribution in [0.25, 0.3) is 10.9 Å². The molecule has 1 saturated heterocycles. The van der Waals surface area contributed by atoms with Crippen molar-refractivity contribution >= 4 is 20.9 Å². The highest BCUT2D eigenvalue weighted by Gasteiger charge is 2.36. The van der Waals surface area contributed by atoms with E-state index in [4.69, 9.17) is 0 Å². The van der Waals surface area contributed by atoms with E-state index in [2.05, 4.69) is 4.98 Å². The SMILES string of the molecule is C[C@@H](O)[C@@H]1CCCCN1S(=O)(=O)c1cccc2ncccc12. The zero-order valence-electron chi connectivity index (χ0n) is 12.5. The first kappa shape index (κ1) is 15.4. The lowest BCUT2D eigenvalue weighted by Gasteiger charge is -2.36. The van der Waals surface area contributed by atoms with E-state index in [9.17, 15) is 13.5 Å². The molecular formula is C16H20N2O3S. The highest BCUT2D eigenvalue weighted by Crippen LogP contribution is 2.30. The number of nitrogens with zero attached hydrogens (tertiary/aromatic N) is 2. The highest BCUT2D eigenvalue weighted by molar-refractivity contribution is 7.89. The van der Waals surface area contributed by atoms with E-state index >= 15 is 0 Å². The number of sulfonamides is 1. The smallest absolute Gasteiger partial charge is 0.244 e. The molecule has 0 saturated carbocycles. The molecule has 0 aliphatic carbocycles. The fourth-order valence-corrected chi connectivity index (χ4v) is 5.10. The molecular weight excluding hydrogens is 300 g/mol. The van der Waals surface area contributed by atoms with Gasteiger partial charge in [-0.05, 0) is 44.0 Å². The third kappa shape index (κ3) is 2.62. The summed E-state index contributed by atoms with van der Waals surface area (Å²) in [5.41, 5.74) is 0.661. The number of hydrogen-bond donors (Lipinski definition) is 1. The van der Waals surface area contributed by atoms with Gasteiger partial charge in [0, 0.05) is 18.1 Å². The van der Waals surface area contributed by atoms with Crippen LogP contribution in [-0.4, -0.2) is 41.5 Å². The fourth-order valence-electron chi connectivity index (χ4n) is 3.14. The Morgan fingerprint density at radius 3 is 2.86 bits per heavy atom. The van der Waals surface area contributed by atoms with E-state index in [1.807, 2.05) is 0 Å². The Morgan fingerprint density at radius 2 is 2.09 bits per heavy atom. The number of fused-ring (bicyclic) bond motifs is 1. The Labute approximate surface area is 130 Å². The molecule has 1 fully saturated rings. The lowest BCUT2D eigenvalue weighted by Crippen LogP contribution is -2.48. The minimum Gasteiger partial charge on any atom is -0.392 e. The molecule has 5 nitrogen and oxygen atoms in total. The fraction of sp³-hybridized carbons (Fsp3) is 0.438. The van der Waals surface area contributed by atoms with Crippen LogP contribution in [0.5, 0.6) is 0 Å². The van der Waals surface area contributed by atoms with Crippen molar-refractivity contribution in [2.24, 2.45) is 0 Å². The number of aromatic nitrogens is 1. The van der Waals surface area contributed by atoms with Crippen LogP contribution >= 0.6 is 0 Å². The quantitative estimate of drug-likeness (QED) is 0.941. The Kier molecular flexibility index (Phi) is 4.16. The van der Waals surface area contributed by atoms with Gasteiger partial charge in [0.25, 0.3) is 0 Å². The van der Waals surface area contributed by atoms with Gasteiger partial charge in [-0.2, -0.15) is 4.31 Å². The van der Waals surface area contributed by atoms with Crippen molar-refractivity contribution < 1.29 is 13.5 Å². The summed E-state index contributed by atoms with van der Waals surface area (Å²) in [7, 11) is -3.65. The van der Waals surface area contributed by atoms with Crippen molar-refractivity contribution in [1.29, 1.82) is 0 Å². The Balaban J connectivity index is 2.11. The van der Waals surface area contributed by atoms with Crippen LogP contribution in [0.1, 0.15) is 26.2 Å². The van der Waals surface area contributed by atoms with Crippen LogP contribution in [0.3, 0.4) is 0 Å². The van der Waals surface area contributed by atoms with Crippen LogP contribution < -0.4 is 0 Å². The van der Waals surface area contributed by atoms with Gasteiger partial charge in [0.2, 0.25) is 10.0 Å². The molecule has 6 heteroatoms. The molecule has 22 heavy (non-hydrogen) atoms. The zero-order chi connectivity index (χ0) is 15.7. The second kappa shape index (κ2) is 5.95. The van der Waals surface area contributed by atoms with Crippen molar-refractivity contribution in [1.82, 2.24) is 9.29 Å². The van der Waals surface area contributed by atoms with Crippen molar-refractivity contribution in [2.75, 3.05) is 6.54 Å². The Morgan fingerprint density at radius 1 is 1.27 bits per heavy atom. The average Bonchev–Trinajstić information content (AvgIpc) is 2.54. The largest absolute Gasteiger partial charge is 0.392 e. The molecule has 1 N–H and O–H groups in total. The summed E-state index contributed by atoms with van der Waals surface area (Å²) in [6.07, 6.45) is 3.44. The first-order chi connectivity index (χ1) is 10.5. The number of aliphatic hydroxyl groups is 1. The number of aliphatic hydroxyl groups excluding tert-OH is 1. The average molecular weight is 320 g/mol. The van der Waals surface area contributed by atoms with Crippen LogP contribution in [0.2, 0.25) is 0 Å². The Hall–Kier alpha value is -1.50. The van der Waals surface area contributed by atoms with Gasteiger partial charge in [0.15, 0.2) is 0 Å². The summed E-state index contributed by atoms with van der Waals surface area (Å²) >= 11 is 0. The molecule has 3 rings (SSSR count). The van der Waals surface area contributed by atoms with Gasteiger partial charge in [0.1, 0.15) is 0 Å². The second-order valence-corrected chi connectivity index (χ2v) is 7.60. The number of hydrogen-bond acceptors (Lipinski definition) is 4. The minimum absolute atomic E-state index is 0.269. The lowest BCUT2D eigenvalue weighted by molar-refractivity contribution is 0.0831. The summed E-state index contributed by atoms with van der Waals surface area (Å²) in [4.78, 5) is 4.49. The van der Waals surface area contributed by atoms with Gasteiger partial charge >= 0.3 is 0 Å². The van der Waals surface area contributed by atoms with Gasteiger partial charge in [-0.3, -0.25) is 4.98 Å². The van der Waals surface area contributed by atoms with E-state index in [0.717, 1.165) is 12.8 Å². The molecule has 1 aromatic carbocycles. The number of pyridine rings is 1. The molecule has 0 unspecified atom stereocenters. The topological polar surface area (TPSA) is 70.5 Å². The van der Waals surface area contributed by atoms with Gasteiger partial charge in [-0.1, -0.05) is 12.5 Å². The van der Waals surface area contributed by atoms with E-state index in [-0.39, 0.29) is 10.9 Å². The highest BCUT2D eigenvalue weighted by atomic mass is 32.2. The van der Waals surface area contributed by atoms with Crippen LogP contribution in [0, 0.1) is 0 Å². The predicted octanol–water partition coefficient (Wildman–Crippen LogP) is 2.16. The normalized spacial score (nSPS) is 21.8. The summed E-state index contributed by atoms with van der Waals surface area (Å²) in [5, 5.41) is 10.6.